The van der Waals surface area contributed by atoms with Gasteiger partial charge >= 0.3 is 31.7 Å². The van der Waals surface area contributed by atoms with Gasteiger partial charge in [-0.1, -0.05) is 78.9 Å². The number of hydrogen-bond acceptors (Lipinski definition) is 12. The third-order valence-corrected chi connectivity index (χ3v) is 8.09. The number of nitrogens with zero attached hydrogens (tertiary/aromatic N) is 2. The van der Waals surface area contributed by atoms with Crippen LogP contribution < -0.4 is 21.0 Å². The van der Waals surface area contributed by atoms with Gasteiger partial charge in [-0.3, -0.25) is 19.2 Å². The molecular weight excluding hydrogens is 737 g/mol. The van der Waals surface area contributed by atoms with Crippen LogP contribution in [-0.4, -0.2) is 58.1 Å². The number of benzene rings is 3. The fourth-order valence-electron chi connectivity index (χ4n) is 4.66. The molecule has 3 unspecified atom stereocenters. The molecule has 2 aliphatic rings. The Bertz CT molecular complexity index is 1920. The summed E-state index contributed by atoms with van der Waals surface area (Å²) in [5.41, 5.74) is 6.04. The Morgan fingerprint density at radius 2 is 1.54 bits per heavy atom. The molecule has 1 amide bonds. The van der Waals surface area contributed by atoms with Gasteiger partial charge in [0.25, 0.3) is 5.92 Å². The SMILES string of the molecule is NP(=O)(OCC1CC(F)(F)C(n2ccc(NC(=O)OCc3ccccc3)nc2=O)O1)Oc1ccccc1.O=C(O)OCc1ccccc1.O=C1CCCO1. The second-order valence-electron chi connectivity index (χ2n) is 11.4. The van der Waals surface area contributed by atoms with Crippen LogP contribution in [0.1, 0.15) is 36.6 Å². The molecule has 6 rings (SSSR count). The Hall–Kier alpha value is -5.68. The summed E-state index contributed by atoms with van der Waals surface area (Å²) in [4.78, 5) is 48.0. The molecule has 0 radical (unpaired) electrons. The van der Waals surface area contributed by atoms with Crippen LogP contribution in [0.15, 0.2) is 108 Å². The lowest BCUT2D eigenvalue weighted by atomic mass is 10.2. The average Bonchev–Trinajstić information content (AvgIpc) is 3.75. The Morgan fingerprint density at radius 3 is 2.06 bits per heavy atom. The fourth-order valence-corrected chi connectivity index (χ4v) is 5.50. The van der Waals surface area contributed by atoms with Gasteiger partial charge in [-0.25, -0.2) is 33.2 Å². The van der Waals surface area contributed by atoms with E-state index in [0.717, 1.165) is 29.8 Å². The number of anilines is 1. The summed E-state index contributed by atoms with van der Waals surface area (Å²) in [5, 5.41) is 10.4. The van der Waals surface area contributed by atoms with Crippen molar-refractivity contribution in [1.29, 1.82) is 0 Å². The molecule has 2 saturated heterocycles. The molecule has 0 bridgehead atoms. The average molecular weight is 775 g/mol. The van der Waals surface area contributed by atoms with Gasteiger partial charge in [0.15, 0.2) is 0 Å². The van der Waals surface area contributed by atoms with Crippen molar-refractivity contribution in [3.8, 4) is 5.75 Å². The number of alkyl halides is 2. The monoisotopic (exact) mass is 774 g/mol. The lowest BCUT2D eigenvalue weighted by Gasteiger charge is -2.20. The third-order valence-electron chi connectivity index (χ3n) is 7.12. The van der Waals surface area contributed by atoms with Crippen LogP contribution in [0.3, 0.4) is 0 Å². The Balaban J connectivity index is 0.000000312. The molecule has 2 fully saturated rings. The van der Waals surface area contributed by atoms with Crippen molar-refractivity contribution in [3.05, 3.63) is 125 Å². The first-order valence-corrected chi connectivity index (χ1v) is 17.8. The largest absolute Gasteiger partial charge is 0.506 e. The molecule has 19 heteroatoms. The van der Waals surface area contributed by atoms with E-state index in [2.05, 4.69) is 19.8 Å². The zero-order chi connectivity index (χ0) is 39.0. The summed E-state index contributed by atoms with van der Waals surface area (Å²) in [5.74, 6) is -3.54. The number of rotatable bonds is 11. The highest BCUT2D eigenvalue weighted by atomic mass is 31.2. The number of cyclic esters (lactones) is 1. The maximum atomic E-state index is 14.7. The minimum atomic E-state index is -4.11. The Labute approximate surface area is 307 Å². The smallest absolute Gasteiger partial charge is 0.466 e. The first-order valence-electron chi connectivity index (χ1n) is 16.2. The molecule has 0 saturated carbocycles. The molecule has 2 aliphatic heterocycles. The van der Waals surface area contributed by atoms with Gasteiger partial charge < -0.3 is 28.6 Å². The van der Waals surface area contributed by atoms with E-state index >= 15 is 0 Å². The van der Waals surface area contributed by atoms with Crippen molar-refractivity contribution in [3.63, 3.8) is 0 Å². The van der Waals surface area contributed by atoms with E-state index in [-0.39, 0.29) is 30.8 Å². The molecule has 3 heterocycles. The van der Waals surface area contributed by atoms with Gasteiger partial charge in [-0.2, -0.15) is 4.98 Å². The number of hydrogen-bond donors (Lipinski definition) is 3. The Kier molecular flexibility index (Phi) is 15.2. The highest BCUT2D eigenvalue weighted by Crippen LogP contribution is 2.45. The number of para-hydroxylation sites is 1. The molecule has 0 spiro atoms. The minimum Gasteiger partial charge on any atom is -0.466 e. The lowest BCUT2D eigenvalue weighted by Crippen LogP contribution is -2.35. The van der Waals surface area contributed by atoms with Gasteiger partial charge in [0.2, 0.25) is 6.23 Å². The highest BCUT2D eigenvalue weighted by Gasteiger charge is 2.52. The maximum absolute atomic E-state index is 14.7. The Morgan fingerprint density at radius 1 is 0.944 bits per heavy atom. The van der Waals surface area contributed by atoms with Crippen LogP contribution in [-0.2, 0) is 46.0 Å². The van der Waals surface area contributed by atoms with Crippen LogP contribution >= 0.6 is 7.75 Å². The number of nitrogens with one attached hydrogen (secondary N) is 1. The lowest BCUT2D eigenvalue weighted by molar-refractivity contribution is -0.137. The summed E-state index contributed by atoms with van der Waals surface area (Å²) in [6, 6.07) is 27.2. The van der Waals surface area contributed by atoms with Gasteiger partial charge in [-0.15, -0.1) is 0 Å². The van der Waals surface area contributed by atoms with Crippen molar-refractivity contribution in [2.24, 2.45) is 5.50 Å². The second kappa shape index (κ2) is 20.0. The van der Waals surface area contributed by atoms with E-state index in [0.29, 0.717) is 17.6 Å². The predicted molar refractivity (Wildman–Crippen MR) is 186 cm³/mol. The number of ether oxygens (including phenoxy) is 4. The number of carboxylic acid groups (broad SMARTS) is 1. The van der Waals surface area contributed by atoms with Gasteiger partial charge in [-0.05, 0) is 35.7 Å². The van der Waals surface area contributed by atoms with Gasteiger partial charge in [0, 0.05) is 19.0 Å². The molecular formula is C35H37F2N4O12P. The first kappa shape index (κ1) is 41.1. The van der Waals surface area contributed by atoms with E-state index in [1.807, 2.05) is 36.4 Å². The topological polar surface area (TPSA) is 217 Å². The van der Waals surface area contributed by atoms with Crippen molar-refractivity contribution in [1.82, 2.24) is 9.55 Å². The number of aromatic nitrogens is 2. The molecule has 4 N–H and O–H groups in total. The molecule has 0 aliphatic carbocycles. The number of carbonyl (C=O) groups is 3. The first-order chi connectivity index (χ1) is 25.8. The molecule has 16 nitrogen and oxygen atoms in total. The number of esters is 1. The summed E-state index contributed by atoms with van der Waals surface area (Å²) in [6.45, 7) is 0.179. The van der Waals surface area contributed by atoms with E-state index < -0.39 is 57.0 Å². The van der Waals surface area contributed by atoms with E-state index in [9.17, 15) is 32.5 Å². The number of amides is 1. The molecule has 54 heavy (non-hydrogen) atoms. The van der Waals surface area contributed by atoms with Crippen LogP contribution in [0.5, 0.6) is 5.75 Å². The molecule has 4 aromatic rings. The molecule has 3 atom stereocenters. The molecule has 1 aromatic heterocycles. The summed E-state index contributed by atoms with van der Waals surface area (Å²) in [7, 11) is -4.11. The second-order valence-corrected chi connectivity index (χ2v) is 12.9. The van der Waals surface area contributed by atoms with Crippen molar-refractivity contribution in [2.45, 2.75) is 50.7 Å². The van der Waals surface area contributed by atoms with Crippen LogP contribution in [0.2, 0.25) is 0 Å². The number of carbonyl (C=O) groups excluding carboxylic acids is 2. The highest BCUT2D eigenvalue weighted by molar-refractivity contribution is 7.51. The maximum Gasteiger partial charge on any atom is 0.506 e. The van der Waals surface area contributed by atoms with Crippen LogP contribution in [0.4, 0.5) is 24.2 Å². The molecule has 288 valence electrons. The molecule has 3 aromatic carbocycles. The standard InChI is InChI=1S/C23H23F2N4O7P.C8H8O3.C4H6O2/c24-23(25)13-18(15-34-37(26,32)36-17-9-5-2-6-10-17)35-20(23)29-12-11-19(27-21(29)30)28-22(31)33-14-16-7-3-1-4-8-16;9-8(10)11-6-7-4-2-1-3-5-7;5-4-2-1-3-6-4/h1-12,18,20H,13-15H2,(H2,26,32)(H,27,28,30,31);1-5H,6H2,(H,9,10);1-3H2. The summed E-state index contributed by atoms with van der Waals surface area (Å²) < 4.78 is 71.6. The van der Waals surface area contributed by atoms with E-state index in [1.165, 1.54) is 12.1 Å². The third kappa shape index (κ3) is 14.0. The van der Waals surface area contributed by atoms with Gasteiger partial charge in [0.05, 0.1) is 19.3 Å². The van der Waals surface area contributed by atoms with E-state index in [1.54, 1.807) is 42.5 Å². The van der Waals surface area contributed by atoms with Gasteiger partial charge in [0.1, 0.15) is 24.8 Å². The summed E-state index contributed by atoms with van der Waals surface area (Å²) in [6.07, 6.45) is -3.65. The number of nitrogens with two attached hydrogens (primary N) is 1. The van der Waals surface area contributed by atoms with Crippen LogP contribution in [0.25, 0.3) is 0 Å². The summed E-state index contributed by atoms with van der Waals surface area (Å²) >= 11 is 0. The zero-order valence-corrected chi connectivity index (χ0v) is 29.4. The van der Waals surface area contributed by atoms with Crippen LogP contribution in [0, 0.1) is 0 Å². The van der Waals surface area contributed by atoms with E-state index in [4.69, 9.17) is 29.1 Å². The van der Waals surface area contributed by atoms with Crippen molar-refractivity contribution < 1.29 is 60.8 Å². The quantitative estimate of drug-likeness (QED) is 0.0868. The normalized spacial score (nSPS) is 17.9. The van der Waals surface area contributed by atoms with Crippen molar-refractivity contribution in [2.75, 3.05) is 18.5 Å². The number of halogens is 2. The van der Waals surface area contributed by atoms with Crippen molar-refractivity contribution >= 4 is 31.8 Å². The fraction of sp³-hybridized carbons (Fsp3) is 0.286. The minimum absolute atomic E-state index is 0.0124. The predicted octanol–water partition coefficient (Wildman–Crippen LogP) is 6.28. The zero-order valence-electron chi connectivity index (χ0n) is 28.5.